The van der Waals surface area contributed by atoms with E-state index in [-0.39, 0.29) is 5.97 Å². The van der Waals surface area contributed by atoms with E-state index in [9.17, 15) is 4.79 Å². The zero-order chi connectivity index (χ0) is 12.0. The van der Waals surface area contributed by atoms with Crippen molar-refractivity contribution in [2.75, 3.05) is 11.3 Å². The third kappa shape index (κ3) is 3.35. The first-order valence-electron chi connectivity index (χ1n) is 4.69. The van der Waals surface area contributed by atoms with Crippen LogP contribution in [0.15, 0.2) is 28.1 Å². The fourth-order valence-corrected chi connectivity index (χ4v) is 2.51. The van der Waals surface area contributed by atoms with Crippen molar-refractivity contribution in [3.63, 3.8) is 0 Å². The maximum absolute atomic E-state index is 11.5. The van der Waals surface area contributed by atoms with Gasteiger partial charge in [-0.1, -0.05) is 15.9 Å². The lowest BCUT2D eigenvalue weighted by atomic mass is 10.2. The predicted molar refractivity (Wildman–Crippen MR) is 71.3 cm³/mol. The van der Waals surface area contributed by atoms with E-state index in [1.165, 1.54) is 0 Å². The number of alkyl halides is 1. The molecule has 1 aromatic carbocycles. The summed E-state index contributed by atoms with van der Waals surface area (Å²) >= 11 is 4.88. The Labute approximate surface area is 107 Å². The molecule has 0 unspecified atom stereocenters. The summed E-state index contributed by atoms with van der Waals surface area (Å²) in [6, 6.07) is 5.23. The Hall–Kier alpha value is -0.810. The van der Waals surface area contributed by atoms with Gasteiger partial charge in [-0.25, -0.2) is 4.79 Å². The molecule has 0 aromatic heterocycles. The highest BCUT2D eigenvalue weighted by Crippen LogP contribution is 2.31. The van der Waals surface area contributed by atoms with Crippen LogP contribution in [0.4, 0.5) is 5.69 Å². The van der Waals surface area contributed by atoms with Crippen LogP contribution in [-0.4, -0.2) is 24.0 Å². The number of hydrogen-bond acceptors (Lipinski definition) is 4. The molecule has 0 bridgehead atoms. The standard InChI is InChI=1S/C11H12BrNO2S/c1-3-15-11(14)8-4-5-9(13-2)10(6-8)16-7-12/h4-6H,2-3,7H2,1H3. The molecule has 1 rings (SSSR count). The maximum atomic E-state index is 11.5. The highest BCUT2D eigenvalue weighted by molar-refractivity contribution is 9.11. The topological polar surface area (TPSA) is 38.7 Å². The van der Waals surface area contributed by atoms with Crippen molar-refractivity contribution < 1.29 is 9.53 Å². The second kappa shape index (κ2) is 6.70. The maximum Gasteiger partial charge on any atom is 0.338 e. The average molecular weight is 302 g/mol. The normalized spacial score (nSPS) is 9.88. The third-order valence-corrected chi connectivity index (χ3v) is 3.29. The number of esters is 1. The number of carbonyl (C=O) groups is 1. The van der Waals surface area contributed by atoms with Gasteiger partial charge in [-0.05, 0) is 31.8 Å². The lowest BCUT2D eigenvalue weighted by Gasteiger charge is -2.06. The quantitative estimate of drug-likeness (QED) is 0.361. The van der Waals surface area contributed by atoms with E-state index >= 15 is 0 Å². The minimum atomic E-state index is -0.311. The van der Waals surface area contributed by atoms with Gasteiger partial charge in [0, 0.05) is 4.90 Å². The van der Waals surface area contributed by atoms with Crippen molar-refractivity contribution in [1.29, 1.82) is 0 Å². The van der Waals surface area contributed by atoms with Gasteiger partial charge >= 0.3 is 5.97 Å². The molecule has 0 aliphatic rings. The molecular weight excluding hydrogens is 290 g/mol. The van der Waals surface area contributed by atoms with Crippen molar-refractivity contribution in [1.82, 2.24) is 0 Å². The second-order valence-corrected chi connectivity index (χ2v) is 5.13. The molecule has 5 heteroatoms. The second-order valence-electron chi connectivity index (χ2n) is 2.81. The van der Waals surface area contributed by atoms with Crippen LogP contribution >= 0.6 is 27.7 Å². The van der Waals surface area contributed by atoms with E-state index in [4.69, 9.17) is 4.74 Å². The molecule has 0 saturated carbocycles. The van der Waals surface area contributed by atoms with Gasteiger partial charge < -0.3 is 4.74 Å². The van der Waals surface area contributed by atoms with Gasteiger partial charge in [-0.3, -0.25) is 4.99 Å². The number of rotatable bonds is 5. The van der Waals surface area contributed by atoms with E-state index in [1.54, 1.807) is 36.9 Å². The van der Waals surface area contributed by atoms with Crippen molar-refractivity contribution >= 4 is 46.1 Å². The Morgan fingerprint density at radius 2 is 2.38 bits per heavy atom. The van der Waals surface area contributed by atoms with E-state index in [0.29, 0.717) is 12.2 Å². The fourth-order valence-electron chi connectivity index (χ4n) is 1.16. The zero-order valence-electron chi connectivity index (χ0n) is 8.90. The highest BCUT2D eigenvalue weighted by atomic mass is 79.9. The summed E-state index contributed by atoms with van der Waals surface area (Å²) < 4.78 is 5.67. The van der Waals surface area contributed by atoms with E-state index < -0.39 is 0 Å². The van der Waals surface area contributed by atoms with E-state index in [1.807, 2.05) is 0 Å². The van der Waals surface area contributed by atoms with Gasteiger partial charge in [0.15, 0.2) is 0 Å². The zero-order valence-corrected chi connectivity index (χ0v) is 11.3. The molecule has 0 fully saturated rings. The summed E-state index contributed by atoms with van der Waals surface area (Å²) in [6.07, 6.45) is 0. The number of benzene rings is 1. The van der Waals surface area contributed by atoms with Crippen LogP contribution < -0.4 is 0 Å². The molecule has 0 spiro atoms. The molecule has 0 amide bonds. The SMILES string of the molecule is C=Nc1ccc(C(=O)OCC)cc1SCBr. The summed E-state index contributed by atoms with van der Waals surface area (Å²) in [4.78, 5) is 16.3. The summed E-state index contributed by atoms with van der Waals surface area (Å²) in [5, 5.41) is 0. The molecule has 86 valence electrons. The summed E-state index contributed by atoms with van der Waals surface area (Å²) in [6.45, 7) is 5.65. The minimum absolute atomic E-state index is 0.311. The van der Waals surface area contributed by atoms with Crippen molar-refractivity contribution in [2.24, 2.45) is 4.99 Å². The average Bonchev–Trinajstić information content (AvgIpc) is 2.29. The number of hydrogen-bond donors (Lipinski definition) is 0. The fraction of sp³-hybridized carbons (Fsp3) is 0.273. The molecule has 16 heavy (non-hydrogen) atoms. The molecule has 0 saturated heterocycles. The molecule has 3 nitrogen and oxygen atoms in total. The molecule has 0 atom stereocenters. The van der Waals surface area contributed by atoms with Crippen molar-refractivity contribution in [3.8, 4) is 0 Å². The third-order valence-electron chi connectivity index (χ3n) is 1.85. The number of carbonyl (C=O) groups excluding carboxylic acids is 1. The summed E-state index contributed by atoms with van der Waals surface area (Å²) in [5.41, 5.74) is 1.31. The van der Waals surface area contributed by atoms with Crippen LogP contribution in [0.1, 0.15) is 17.3 Å². The lowest BCUT2D eigenvalue weighted by molar-refractivity contribution is 0.0526. The molecule has 0 radical (unpaired) electrons. The van der Waals surface area contributed by atoms with Crippen LogP contribution in [0.25, 0.3) is 0 Å². The van der Waals surface area contributed by atoms with Crippen LogP contribution in [0, 0.1) is 0 Å². The Morgan fingerprint density at radius 1 is 1.62 bits per heavy atom. The molecule has 0 heterocycles. The Morgan fingerprint density at radius 3 is 2.94 bits per heavy atom. The van der Waals surface area contributed by atoms with Crippen LogP contribution in [0.5, 0.6) is 0 Å². The van der Waals surface area contributed by atoms with Crippen molar-refractivity contribution in [3.05, 3.63) is 23.8 Å². The molecule has 0 N–H and O–H groups in total. The van der Waals surface area contributed by atoms with Crippen LogP contribution in [0.2, 0.25) is 0 Å². The monoisotopic (exact) mass is 301 g/mol. The minimum Gasteiger partial charge on any atom is -0.462 e. The number of thioether (sulfide) groups is 1. The largest absolute Gasteiger partial charge is 0.462 e. The van der Waals surface area contributed by atoms with E-state index in [0.717, 1.165) is 15.2 Å². The number of ether oxygens (including phenoxy) is 1. The Balaban J connectivity index is 3.01. The smallest absolute Gasteiger partial charge is 0.338 e. The van der Waals surface area contributed by atoms with Gasteiger partial charge in [0.25, 0.3) is 0 Å². The molecule has 1 aromatic rings. The summed E-state index contributed by atoms with van der Waals surface area (Å²) in [7, 11) is 0. The Bertz CT molecular complexity index is 396. The summed E-state index contributed by atoms with van der Waals surface area (Å²) in [5.74, 6) is -0.311. The Kier molecular flexibility index (Phi) is 5.55. The van der Waals surface area contributed by atoms with Gasteiger partial charge in [0.2, 0.25) is 0 Å². The first-order valence-corrected chi connectivity index (χ1v) is 6.80. The highest BCUT2D eigenvalue weighted by Gasteiger charge is 2.09. The molecule has 0 aliphatic carbocycles. The van der Waals surface area contributed by atoms with Gasteiger partial charge in [-0.15, -0.1) is 11.8 Å². The predicted octanol–water partition coefficient (Wildman–Crippen LogP) is 3.64. The number of halogens is 1. The van der Waals surface area contributed by atoms with E-state index in [2.05, 4.69) is 27.6 Å². The lowest BCUT2D eigenvalue weighted by Crippen LogP contribution is -2.04. The number of aliphatic imine (C=N–C) groups is 1. The van der Waals surface area contributed by atoms with Gasteiger partial charge in [-0.2, -0.15) is 0 Å². The number of nitrogens with zero attached hydrogens (tertiary/aromatic N) is 1. The van der Waals surface area contributed by atoms with Gasteiger partial charge in [0.1, 0.15) is 0 Å². The van der Waals surface area contributed by atoms with Crippen molar-refractivity contribution in [2.45, 2.75) is 11.8 Å². The van der Waals surface area contributed by atoms with Gasteiger partial charge in [0.05, 0.1) is 22.5 Å². The molecular formula is C11H12BrNO2S. The van der Waals surface area contributed by atoms with Crippen LogP contribution in [0.3, 0.4) is 0 Å². The molecule has 0 aliphatic heterocycles. The first kappa shape index (κ1) is 13.3. The van der Waals surface area contributed by atoms with Crippen LogP contribution in [-0.2, 0) is 4.74 Å². The first-order chi connectivity index (χ1) is 7.72.